The Morgan fingerprint density at radius 3 is 2.37 bits per heavy atom. The highest BCUT2D eigenvalue weighted by Gasteiger charge is 2.18. The molecule has 0 aliphatic rings. The van der Waals surface area contributed by atoms with Crippen LogP contribution in [0.1, 0.15) is 12.5 Å². The summed E-state index contributed by atoms with van der Waals surface area (Å²) < 4.78 is 31.0. The number of hydrogen-bond donors (Lipinski definition) is 2. The average Bonchev–Trinajstić information content (AvgIpc) is 2.62. The monoisotopic (exact) mass is 391 g/mol. The van der Waals surface area contributed by atoms with Crippen LogP contribution < -0.4 is 15.4 Å². The zero-order valence-electron chi connectivity index (χ0n) is 15.9. The van der Waals surface area contributed by atoms with Crippen molar-refractivity contribution >= 4 is 27.3 Å². The average molecular weight is 391 g/mol. The number of sulfonamides is 1. The molecule has 0 fully saturated rings. The highest BCUT2D eigenvalue weighted by molar-refractivity contribution is 7.89. The van der Waals surface area contributed by atoms with Gasteiger partial charge in [0, 0.05) is 25.5 Å². The van der Waals surface area contributed by atoms with Crippen LogP contribution in [0.15, 0.2) is 47.4 Å². The van der Waals surface area contributed by atoms with E-state index in [-0.39, 0.29) is 17.3 Å². The van der Waals surface area contributed by atoms with Gasteiger partial charge in [0.2, 0.25) is 15.9 Å². The molecule has 2 aromatic carbocycles. The summed E-state index contributed by atoms with van der Waals surface area (Å²) >= 11 is 0. The fourth-order valence-electron chi connectivity index (χ4n) is 2.34. The first-order chi connectivity index (χ1) is 12.7. The summed E-state index contributed by atoms with van der Waals surface area (Å²) in [4.78, 5) is 12.3. The summed E-state index contributed by atoms with van der Waals surface area (Å²) in [6, 6.07) is 11.9. The third kappa shape index (κ3) is 5.45. The van der Waals surface area contributed by atoms with Crippen molar-refractivity contribution in [1.29, 1.82) is 0 Å². The number of carbonyl (C=O) groups is 1. The number of carbonyl (C=O) groups excluding carboxylic acids is 1. The van der Waals surface area contributed by atoms with Crippen molar-refractivity contribution < 1.29 is 17.9 Å². The Morgan fingerprint density at radius 1 is 1.11 bits per heavy atom. The molecule has 0 heterocycles. The van der Waals surface area contributed by atoms with Gasteiger partial charge in [-0.3, -0.25) is 4.79 Å². The lowest BCUT2D eigenvalue weighted by molar-refractivity contribution is -0.114. The highest BCUT2D eigenvalue weighted by atomic mass is 32.2. The third-order valence-electron chi connectivity index (χ3n) is 3.88. The number of aryl methyl sites for hydroxylation is 1. The molecule has 146 valence electrons. The summed E-state index contributed by atoms with van der Waals surface area (Å²) in [6.45, 7) is 4.35. The zero-order valence-corrected chi connectivity index (χ0v) is 16.8. The molecule has 0 atom stereocenters. The van der Waals surface area contributed by atoms with Crippen molar-refractivity contribution in [3.63, 3.8) is 0 Å². The predicted molar refractivity (Wildman–Crippen MR) is 107 cm³/mol. The van der Waals surface area contributed by atoms with Crippen molar-refractivity contribution in [2.75, 3.05) is 37.9 Å². The number of ether oxygens (including phenoxy) is 1. The molecule has 2 rings (SSSR count). The van der Waals surface area contributed by atoms with Crippen LogP contribution in [-0.4, -0.2) is 45.9 Å². The second kappa shape index (κ2) is 8.88. The number of rotatable bonds is 8. The first kappa shape index (κ1) is 20.7. The molecule has 8 heteroatoms. The Kier molecular flexibility index (Phi) is 6.81. The molecule has 1 amide bonds. The molecule has 0 aromatic heterocycles. The summed E-state index contributed by atoms with van der Waals surface area (Å²) in [5.74, 6) is 0.502. The minimum absolute atomic E-state index is 0.0134. The van der Waals surface area contributed by atoms with Gasteiger partial charge in [-0.25, -0.2) is 12.7 Å². The largest absolute Gasteiger partial charge is 0.494 e. The molecule has 2 N–H and O–H groups in total. The Labute approximate surface area is 160 Å². The van der Waals surface area contributed by atoms with E-state index in [1.54, 1.807) is 36.4 Å². The molecule has 2 aromatic rings. The number of amides is 1. The molecule has 0 saturated heterocycles. The zero-order chi connectivity index (χ0) is 20.0. The third-order valence-corrected chi connectivity index (χ3v) is 5.69. The van der Waals surface area contributed by atoms with Gasteiger partial charge in [0.1, 0.15) is 5.75 Å². The van der Waals surface area contributed by atoms with Gasteiger partial charge < -0.3 is 15.4 Å². The maximum Gasteiger partial charge on any atom is 0.243 e. The van der Waals surface area contributed by atoms with E-state index >= 15 is 0 Å². The van der Waals surface area contributed by atoms with Crippen molar-refractivity contribution in [3.8, 4) is 5.75 Å². The van der Waals surface area contributed by atoms with Gasteiger partial charge in [-0.1, -0.05) is 6.07 Å². The molecule has 0 spiro atoms. The molecular formula is C19H25N3O4S. The van der Waals surface area contributed by atoms with Crippen molar-refractivity contribution in [3.05, 3.63) is 48.0 Å². The van der Waals surface area contributed by atoms with Crippen LogP contribution in [0, 0.1) is 6.92 Å². The van der Waals surface area contributed by atoms with Gasteiger partial charge in [-0.15, -0.1) is 0 Å². The number of nitrogens with zero attached hydrogens (tertiary/aromatic N) is 1. The van der Waals surface area contributed by atoms with E-state index < -0.39 is 10.0 Å². The molecule has 0 unspecified atom stereocenters. The van der Waals surface area contributed by atoms with E-state index in [4.69, 9.17) is 4.74 Å². The first-order valence-electron chi connectivity index (χ1n) is 8.53. The number of hydrogen-bond acceptors (Lipinski definition) is 5. The van der Waals surface area contributed by atoms with Gasteiger partial charge in [0.15, 0.2) is 0 Å². The van der Waals surface area contributed by atoms with Crippen LogP contribution in [0.25, 0.3) is 0 Å². The molecular weight excluding hydrogens is 366 g/mol. The first-order valence-corrected chi connectivity index (χ1v) is 9.98. The van der Waals surface area contributed by atoms with Crippen molar-refractivity contribution in [2.24, 2.45) is 0 Å². The number of nitrogens with one attached hydrogen (secondary N) is 2. The number of anilines is 2. The van der Waals surface area contributed by atoms with Crippen LogP contribution in [0.4, 0.5) is 11.4 Å². The lowest BCUT2D eigenvalue weighted by Gasteiger charge is -2.15. The van der Waals surface area contributed by atoms with E-state index in [2.05, 4.69) is 10.6 Å². The van der Waals surface area contributed by atoms with Gasteiger partial charge in [0.05, 0.1) is 18.0 Å². The van der Waals surface area contributed by atoms with Crippen LogP contribution in [0.5, 0.6) is 5.75 Å². The maximum absolute atomic E-state index is 12.3. The van der Waals surface area contributed by atoms with E-state index in [9.17, 15) is 13.2 Å². The lowest BCUT2D eigenvalue weighted by Crippen LogP contribution is -2.23. The summed E-state index contributed by atoms with van der Waals surface area (Å²) in [7, 11) is -0.574. The highest BCUT2D eigenvalue weighted by Crippen LogP contribution is 2.22. The fraction of sp³-hybridized carbons (Fsp3) is 0.316. The van der Waals surface area contributed by atoms with Crippen molar-refractivity contribution in [1.82, 2.24) is 4.31 Å². The normalized spacial score (nSPS) is 11.3. The second-order valence-electron chi connectivity index (χ2n) is 6.12. The Bertz CT molecular complexity index is 894. The quantitative estimate of drug-likeness (QED) is 0.722. The number of benzene rings is 2. The molecule has 0 aliphatic heterocycles. The molecule has 0 aliphatic carbocycles. The molecule has 27 heavy (non-hydrogen) atoms. The van der Waals surface area contributed by atoms with Crippen LogP contribution in [-0.2, 0) is 14.8 Å². The molecule has 0 bridgehead atoms. The van der Waals surface area contributed by atoms with Crippen molar-refractivity contribution in [2.45, 2.75) is 18.7 Å². The van der Waals surface area contributed by atoms with E-state index in [0.717, 1.165) is 15.6 Å². The minimum Gasteiger partial charge on any atom is -0.494 e. The molecule has 0 saturated carbocycles. The SMILES string of the molecule is CCOc1ccc(NC(=O)CNc2cc(S(=O)(=O)N(C)C)ccc2C)cc1. The molecule has 7 nitrogen and oxygen atoms in total. The minimum atomic E-state index is -3.53. The second-order valence-corrected chi connectivity index (χ2v) is 8.28. The summed E-state index contributed by atoms with van der Waals surface area (Å²) in [6.07, 6.45) is 0. The van der Waals surface area contributed by atoms with Gasteiger partial charge in [-0.05, 0) is 55.8 Å². The predicted octanol–water partition coefficient (Wildman–Crippen LogP) is 2.69. The van der Waals surface area contributed by atoms with E-state index in [1.807, 2.05) is 13.8 Å². The maximum atomic E-state index is 12.3. The van der Waals surface area contributed by atoms with E-state index in [1.165, 1.54) is 20.2 Å². The standard InChI is InChI=1S/C19H25N3O4S/c1-5-26-16-9-7-15(8-10-16)21-19(23)13-20-18-12-17(11-6-14(18)2)27(24,25)22(3)4/h6-12,20H,5,13H2,1-4H3,(H,21,23). The fourth-order valence-corrected chi connectivity index (χ4v) is 3.27. The lowest BCUT2D eigenvalue weighted by atomic mass is 10.2. The van der Waals surface area contributed by atoms with E-state index in [0.29, 0.717) is 18.0 Å². The summed E-state index contributed by atoms with van der Waals surface area (Å²) in [5.41, 5.74) is 2.10. The van der Waals surface area contributed by atoms with Crippen LogP contribution in [0.2, 0.25) is 0 Å². The topological polar surface area (TPSA) is 87.7 Å². The van der Waals surface area contributed by atoms with Crippen LogP contribution >= 0.6 is 0 Å². The van der Waals surface area contributed by atoms with Gasteiger partial charge in [0.25, 0.3) is 0 Å². The summed E-state index contributed by atoms with van der Waals surface area (Å²) in [5, 5.41) is 5.78. The van der Waals surface area contributed by atoms with Gasteiger partial charge in [-0.2, -0.15) is 0 Å². The Hall–Kier alpha value is -2.58. The Balaban J connectivity index is 2.02. The molecule has 0 radical (unpaired) electrons. The Morgan fingerprint density at radius 2 is 1.78 bits per heavy atom. The van der Waals surface area contributed by atoms with Crippen LogP contribution in [0.3, 0.4) is 0 Å². The smallest absolute Gasteiger partial charge is 0.243 e. The van der Waals surface area contributed by atoms with Gasteiger partial charge >= 0.3 is 0 Å².